The number of ether oxygens (including phenoxy) is 1. The van der Waals surface area contributed by atoms with Crippen molar-refractivity contribution in [1.82, 2.24) is 15.3 Å². The first-order valence-electron chi connectivity index (χ1n) is 7.67. The number of hydrogen-bond acceptors (Lipinski definition) is 5. The summed E-state index contributed by atoms with van der Waals surface area (Å²) in [7, 11) is 0. The lowest BCUT2D eigenvalue weighted by Gasteiger charge is -2.32. The van der Waals surface area contributed by atoms with Crippen molar-refractivity contribution < 1.29 is 9.53 Å². The van der Waals surface area contributed by atoms with Crippen molar-refractivity contribution in [1.29, 1.82) is 0 Å². The van der Waals surface area contributed by atoms with Crippen LogP contribution in [0.1, 0.15) is 26.2 Å². The monoisotopic (exact) mass is 292 g/mol. The number of carbonyl (C=O) groups is 1. The number of amides is 1. The van der Waals surface area contributed by atoms with Crippen molar-refractivity contribution >= 4 is 11.7 Å². The molecule has 1 atom stereocenters. The lowest BCUT2D eigenvalue weighted by Crippen LogP contribution is -2.43. The van der Waals surface area contributed by atoms with Crippen LogP contribution in [-0.2, 0) is 9.53 Å². The molecule has 0 aliphatic carbocycles. The van der Waals surface area contributed by atoms with E-state index in [1.165, 1.54) is 0 Å². The molecule has 6 nitrogen and oxygen atoms in total. The van der Waals surface area contributed by atoms with E-state index in [9.17, 15) is 4.79 Å². The Bertz CT molecular complexity index is 427. The number of anilines is 1. The van der Waals surface area contributed by atoms with Crippen molar-refractivity contribution in [3.05, 3.63) is 18.6 Å². The summed E-state index contributed by atoms with van der Waals surface area (Å²) in [5.41, 5.74) is 0. The minimum absolute atomic E-state index is 0.0350. The molecular formula is C15H24N4O2. The third-order valence-corrected chi connectivity index (χ3v) is 3.63. The minimum Gasteiger partial charge on any atom is -0.382 e. The summed E-state index contributed by atoms with van der Waals surface area (Å²) in [5.74, 6) is 1.03. The molecule has 0 saturated carbocycles. The number of rotatable bonds is 7. The van der Waals surface area contributed by atoms with Crippen LogP contribution in [0.4, 0.5) is 5.82 Å². The van der Waals surface area contributed by atoms with Crippen LogP contribution in [0.3, 0.4) is 0 Å². The summed E-state index contributed by atoms with van der Waals surface area (Å²) >= 11 is 0. The summed E-state index contributed by atoms with van der Waals surface area (Å²) in [6, 6.07) is 0. The summed E-state index contributed by atoms with van der Waals surface area (Å²) in [6.07, 6.45) is 7.91. The molecule has 1 aliphatic heterocycles. The predicted molar refractivity (Wildman–Crippen MR) is 81.1 cm³/mol. The highest BCUT2D eigenvalue weighted by atomic mass is 16.5. The Hall–Kier alpha value is -1.69. The smallest absolute Gasteiger partial charge is 0.224 e. The average molecular weight is 292 g/mol. The Labute approximate surface area is 125 Å². The number of hydrogen-bond donors (Lipinski definition) is 1. The van der Waals surface area contributed by atoms with Gasteiger partial charge in [-0.25, -0.2) is 4.98 Å². The van der Waals surface area contributed by atoms with Crippen LogP contribution in [0.5, 0.6) is 0 Å². The van der Waals surface area contributed by atoms with Crippen LogP contribution in [0, 0.1) is 5.92 Å². The topological polar surface area (TPSA) is 67.3 Å². The molecule has 0 radical (unpaired) electrons. The summed E-state index contributed by atoms with van der Waals surface area (Å²) in [6.45, 7) is 5.74. The molecule has 1 N–H and O–H groups in total. The predicted octanol–water partition coefficient (Wildman–Crippen LogP) is 1.24. The molecule has 0 aromatic carbocycles. The van der Waals surface area contributed by atoms with Gasteiger partial charge in [-0.3, -0.25) is 9.78 Å². The number of nitrogens with one attached hydrogen (secondary N) is 1. The summed E-state index contributed by atoms with van der Waals surface area (Å²) in [5, 5.41) is 3.00. The molecule has 116 valence electrons. The molecule has 1 saturated heterocycles. The average Bonchev–Trinajstić information content (AvgIpc) is 2.55. The molecule has 1 aliphatic rings. The molecule has 1 amide bonds. The lowest BCUT2D eigenvalue weighted by atomic mass is 9.97. The quantitative estimate of drug-likeness (QED) is 0.766. The Morgan fingerprint density at radius 1 is 1.52 bits per heavy atom. The van der Waals surface area contributed by atoms with Gasteiger partial charge in [0.05, 0.1) is 12.1 Å². The van der Waals surface area contributed by atoms with Crippen LogP contribution in [0.2, 0.25) is 0 Å². The van der Waals surface area contributed by atoms with Gasteiger partial charge in [-0.1, -0.05) is 0 Å². The number of nitrogens with zero attached hydrogens (tertiary/aromatic N) is 3. The van der Waals surface area contributed by atoms with E-state index in [0.717, 1.165) is 44.8 Å². The zero-order valence-corrected chi connectivity index (χ0v) is 12.6. The molecule has 1 aromatic heterocycles. The van der Waals surface area contributed by atoms with E-state index >= 15 is 0 Å². The molecule has 21 heavy (non-hydrogen) atoms. The number of aromatic nitrogens is 2. The van der Waals surface area contributed by atoms with E-state index in [4.69, 9.17) is 4.74 Å². The fraction of sp³-hybridized carbons (Fsp3) is 0.667. The van der Waals surface area contributed by atoms with E-state index in [1.807, 2.05) is 6.92 Å². The Kier molecular flexibility index (Phi) is 6.40. The van der Waals surface area contributed by atoms with Gasteiger partial charge in [0, 0.05) is 45.2 Å². The number of carbonyl (C=O) groups excluding carboxylic acids is 1. The second-order valence-corrected chi connectivity index (χ2v) is 5.19. The second kappa shape index (κ2) is 8.56. The molecule has 6 heteroatoms. The van der Waals surface area contributed by atoms with E-state index in [1.54, 1.807) is 18.6 Å². The van der Waals surface area contributed by atoms with Gasteiger partial charge < -0.3 is 15.0 Å². The zero-order chi connectivity index (χ0) is 14.9. The first-order valence-corrected chi connectivity index (χ1v) is 7.67. The standard InChI is InChI=1S/C15H24N4O2/c1-2-21-10-4-6-18-15(20)13-5-3-9-19(12-13)14-11-16-7-8-17-14/h7-8,11,13H,2-6,9-10,12H2,1H3,(H,18,20). The third-order valence-electron chi connectivity index (χ3n) is 3.63. The molecular weight excluding hydrogens is 268 g/mol. The fourth-order valence-electron chi connectivity index (χ4n) is 2.53. The van der Waals surface area contributed by atoms with Gasteiger partial charge in [0.15, 0.2) is 0 Å². The molecule has 1 fully saturated rings. The Morgan fingerprint density at radius 2 is 2.43 bits per heavy atom. The van der Waals surface area contributed by atoms with E-state index in [0.29, 0.717) is 13.2 Å². The van der Waals surface area contributed by atoms with Gasteiger partial charge in [0.25, 0.3) is 0 Å². The highest BCUT2D eigenvalue weighted by Gasteiger charge is 2.26. The van der Waals surface area contributed by atoms with Crippen molar-refractivity contribution in [2.75, 3.05) is 37.7 Å². The lowest BCUT2D eigenvalue weighted by molar-refractivity contribution is -0.125. The van der Waals surface area contributed by atoms with Gasteiger partial charge in [-0.2, -0.15) is 0 Å². The van der Waals surface area contributed by atoms with Gasteiger partial charge >= 0.3 is 0 Å². The molecule has 0 spiro atoms. The maximum absolute atomic E-state index is 12.2. The molecule has 2 heterocycles. The Morgan fingerprint density at radius 3 is 3.19 bits per heavy atom. The van der Waals surface area contributed by atoms with Crippen LogP contribution in [-0.4, -0.2) is 48.7 Å². The molecule has 2 rings (SSSR count). The fourth-order valence-corrected chi connectivity index (χ4v) is 2.53. The summed E-state index contributed by atoms with van der Waals surface area (Å²) in [4.78, 5) is 22.7. The molecule has 0 bridgehead atoms. The minimum atomic E-state index is 0.0350. The van der Waals surface area contributed by atoms with E-state index in [2.05, 4.69) is 20.2 Å². The normalized spacial score (nSPS) is 18.5. The van der Waals surface area contributed by atoms with Crippen LogP contribution >= 0.6 is 0 Å². The number of piperidine rings is 1. The van der Waals surface area contributed by atoms with Crippen molar-refractivity contribution in [2.24, 2.45) is 5.92 Å². The van der Waals surface area contributed by atoms with Gasteiger partial charge in [-0.15, -0.1) is 0 Å². The SMILES string of the molecule is CCOCCCNC(=O)C1CCCN(c2cnccn2)C1. The van der Waals surface area contributed by atoms with Crippen molar-refractivity contribution in [3.63, 3.8) is 0 Å². The Balaban J connectivity index is 1.76. The highest BCUT2D eigenvalue weighted by molar-refractivity contribution is 5.79. The van der Waals surface area contributed by atoms with Gasteiger partial charge in [0.1, 0.15) is 5.82 Å². The molecule has 1 aromatic rings. The maximum Gasteiger partial charge on any atom is 0.224 e. The van der Waals surface area contributed by atoms with Crippen molar-refractivity contribution in [3.8, 4) is 0 Å². The van der Waals surface area contributed by atoms with Crippen LogP contribution < -0.4 is 10.2 Å². The van der Waals surface area contributed by atoms with E-state index in [-0.39, 0.29) is 11.8 Å². The van der Waals surface area contributed by atoms with Gasteiger partial charge in [-0.05, 0) is 26.2 Å². The highest BCUT2D eigenvalue weighted by Crippen LogP contribution is 2.20. The second-order valence-electron chi connectivity index (χ2n) is 5.19. The third kappa shape index (κ3) is 4.97. The van der Waals surface area contributed by atoms with Crippen LogP contribution in [0.25, 0.3) is 0 Å². The van der Waals surface area contributed by atoms with E-state index < -0.39 is 0 Å². The molecule has 1 unspecified atom stereocenters. The first kappa shape index (κ1) is 15.7. The zero-order valence-electron chi connectivity index (χ0n) is 12.6. The van der Waals surface area contributed by atoms with Gasteiger partial charge in [0.2, 0.25) is 5.91 Å². The first-order chi connectivity index (χ1) is 10.3. The largest absolute Gasteiger partial charge is 0.382 e. The summed E-state index contributed by atoms with van der Waals surface area (Å²) < 4.78 is 5.26. The van der Waals surface area contributed by atoms with Crippen LogP contribution in [0.15, 0.2) is 18.6 Å². The maximum atomic E-state index is 12.2. The van der Waals surface area contributed by atoms with Crippen molar-refractivity contribution in [2.45, 2.75) is 26.2 Å².